The maximum Gasteiger partial charge on any atom is 0.227 e. The predicted octanol–water partition coefficient (Wildman–Crippen LogP) is 2.43. The number of carbonyl (C=O) groups excluding carboxylic acids is 1. The second kappa shape index (κ2) is 11.0. The highest BCUT2D eigenvalue weighted by Crippen LogP contribution is 2.26. The monoisotopic (exact) mass is 497 g/mol. The van der Waals surface area contributed by atoms with Gasteiger partial charge in [-0.2, -0.15) is 5.10 Å². The molecule has 3 rings (SSSR count). The number of nitrogens with zero attached hydrogens (tertiary/aromatic N) is 4. The molecule has 1 saturated carbocycles. The van der Waals surface area contributed by atoms with Crippen LogP contribution in [0.1, 0.15) is 37.1 Å². The molecule has 1 fully saturated rings. The van der Waals surface area contributed by atoms with E-state index >= 15 is 0 Å². The summed E-state index contributed by atoms with van der Waals surface area (Å²) in [6, 6.07) is 7.90. The first kappa shape index (κ1) is 22.1. The fourth-order valence-electron chi connectivity index (χ4n) is 3.24. The van der Waals surface area contributed by atoms with E-state index in [0.29, 0.717) is 19.0 Å². The maximum absolute atomic E-state index is 12.3. The molecule has 1 amide bonds. The summed E-state index contributed by atoms with van der Waals surface area (Å²) < 4.78 is 1.72. The van der Waals surface area contributed by atoms with E-state index in [1.165, 1.54) is 6.33 Å². The van der Waals surface area contributed by atoms with Gasteiger partial charge in [-0.05, 0) is 30.5 Å². The zero-order valence-electron chi connectivity index (χ0n) is 16.3. The lowest BCUT2D eigenvalue weighted by Crippen LogP contribution is -2.37. The lowest BCUT2D eigenvalue weighted by atomic mass is 10.1. The SMILES string of the molecule is CN=C(NCc1cccc(NC(=O)C2CCCC2)c1)NCc1ncnn1C.I. The van der Waals surface area contributed by atoms with Crippen LogP contribution in [0.4, 0.5) is 5.69 Å². The summed E-state index contributed by atoms with van der Waals surface area (Å²) in [6.45, 7) is 1.14. The van der Waals surface area contributed by atoms with Crippen LogP contribution in [-0.4, -0.2) is 33.7 Å². The summed E-state index contributed by atoms with van der Waals surface area (Å²) in [7, 11) is 3.58. The molecule has 1 aromatic heterocycles. The van der Waals surface area contributed by atoms with Crippen molar-refractivity contribution in [2.24, 2.45) is 18.0 Å². The fourth-order valence-corrected chi connectivity index (χ4v) is 3.24. The minimum absolute atomic E-state index is 0. The van der Waals surface area contributed by atoms with E-state index in [-0.39, 0.29) is 35.8 Å². The molecular formula is C19H28IN7O. The summed E-state index contributed by atoms with van der Waals surface area (Å²) in [4.78, 5) is 20.7. The number of aromatic nitrogens is 3. The summed E-state index contributed by atoms with van der Waals surface area (Å²) in [5.41, 5.74) is 1.91. The summed E-state index contributed by atoms with van der Waals surface area (Å²) in [5.74, 6) is 1.81. The Morgan fingerprint density at radius 1 is 1.25 bits per heavy atom. The molecule has 9 heteroatoms. The van der Waals surface area contributed by atoms with Crippen molar-refractivity contribution in [3.63, 3.8) is 0 Å². The van der Waals surface area contributed by atoms with E-state index in [2.05, 4.69) is 31.0 Å². The Labute approximate surface area is 182 Å². The molecule has 152 valence electrons. The first-order chi connectivity index (χ1) is 13.2. The number of halogens is 1. The predicted molar refractivity (Wildman–Crippen MR) is 120 cm³/mol. The van der Waals surface area contributed by atoms with Crippen molar-refractivity contribution in [2.75, 3.05) is 12.4 Å². The van der Waals surface area contributed by atoms with Crippen LogP contribution in [0, 0.1) is 5.92 Å². The number of carbonyl (C=O) groups is 1. The second-order valence-electron chi connectivity index (χ2n) is 6.75. The molecule has 0 bridgehead atoms. The molecule has 0 spiro atoms. The highest BCUT2D eigenvalue weighted by molar-refractivity contribution is 14.0. The van der Waals surface area contributed by atoms with Crippen LogP contribution in [-0.2, 0) is 24.9 Å². The van der Waals surface area contributed by atoms with E-state index < -0.39 is 0 Å². The van der Waals surface area contributed by atoms with Crippen LogP contribution in [0.5, 0.6) is 0 Å². The van der Waals surface area contributed by atoms with Gasteiger partial charge in [0, 0.05) is 32.2 Å². The van der Waals surface area contributed by atoms with Gasteiger partial charge in [0.15, 0.2) is 5.96 Å². The van der Waals surface area contributed by atoms with E-state index in [4.69, 9.17) is 0 Å². The topological polar surface area (TPSA) is 96.2 Å². The third kappa shape index (κ3) is 6.18. The van der Waals surface area contributed by atoms with Gasteiger partial charge >= 0.3 is 0 Å². The lowest BCUT2D eigenvalue weighted by Gasteiger charge is -2.13. The first-order valence-electron chi connectivity index (χ1n) is 9.33. The molecule has 0 unspecified atom stereocenters. The van der Waals surface area contributed by atoms with Crippen LogP contribution in [0.2, 0.25) is 0 Å². The van der Waals surface area contributed by atoms with Crippen LogP contribution < -0.4 is 16.0 Å². The Morgan fingerprint density at radius 3 is 2.68 bits per heavy atom. The van der Waals surface area contributed by atoms with E-state index in [1.807, 2.05) is 31.3 Å². The van der Waals surface area contributed by atoms with Gasteiger partial charge in [-0.25, -0.2) is 4.98 Å². The molecule has 0 atom stereocenters. The highest BCUT2D eigenvalue weighted by Gasteiger charge is 2.22. The van der Waals surface area contributed by atoms with Gasteiger partial charge in [0.25, 0.3) is 0 Å². The normalized spacial score (nSPS) is 14.4. The Morgan fingerprint density at radius 2 is 2.00 bits per heavy atom. The average molecular weight is 497 g/mol. The zero-order chi connectivity index (χ0) is 19.1. The number of aliphatic imine (C=N–C) groups is 1. The highest BCUT2D eigenvalue weighted by atomic mass is 127. The van der Waals surface area contributed by atoms with E-state index in [1.54, 1.807) is 11.7 Å². The molecule has 1 aliphatic rings. The standard InChI is InChI=1S/C19H27N7O.HI/c1-20-19(22-12-17-23-13-24-26(17)2)21-11-14-6-5-9-16(10-14)25-18(27)15-7-3-4-8-15;/h5-6,9-10,13,15H,3-4,7-8,11-12H2,1-2H3,(H,25,27)(H2,20,21,22);1H. The summed E-state index contributed by atoms with van der Waals surface area (Å²) in [6.07, 6.45) is 5.84. The van der Waals surface area contributed by atoms with Gasteiger partial charge in [0.05, 0.1) is 6.54 Å². The number of hydrogen-bond acceptors (Lipinski definition) is 4. The largest absolute Gasteiger partial charge is 0.352 e. The number of hydrogen-bond donors (Lipinski definition) is 3. The second-order valence-corrected chi connectivity index (χ2v) is 6.75. The Hall–Kier alpha value is -2.17. The van der Waals surface area contributed by atoms with Crippen molar-refractivity contribution < 1.29 is 4.79 Å². The number of aryl methyl sites for hydroxylation is 1. The molecule has 1 heterocycles. The smallest absolute Gasteiger partial charge is 0.227 e. The van der Waals surface area contributed by atoms with Crippen molar-refractivity contribution in [3.05, 3.63) is 42.0 Å². The molecule has 3 N–H and O–H groups in total. The third-order valence-corrected chi connectivity index (χ3v) is 4.82. The first-order valence-corrected chi connectivity index (χ1v) is 9.33. The lowest BCUT2D eigenvalue weighted by molar-refractivity contribution is -0.119. The quantitative estimate of drug-likeness (QED) is 0.324. The number of amides is 1. The van der Waals surface area contributed by atoms with Crippen LogP contribution in [0.25, 0.3) is 0 Å². The van der Waals surface area contributed by atoms with Gasteiger partial charge in [0.1, 0.15) is 12.2 Å². The summed E-state index contributed by atoms with van der Waals surface area (Å²) in [5, 5.41) is 13.6. The molecule has 0 radical (unpaired) electrons. The zero-order valence-corrected chi connectivity index (χ0v) is 18.6. The molecule has 1 aromatic carbocycles. The molecule has 0 saturated heterocycles. The molecule has 0 aliphatic heterocycles. The minimum Gasteiger partial charge on any atom is -0.352 e. The van der Waals surface area contributed by atoms with Gasteiger partial charge < -0.3 is 16.0 Å². The van der Waals surface area contributed by atoms with Crippen LogP contribution in [0.3, 0.4) is 0 Å². The molecule has 28 heavy (non-hydrogen) atoms. The van der Waals surface area contributed by atoms with Gasteiger partial charge in [-0.3, -0.25) is 14.5 Å². The number of guanidine groups is 1. The van der Waals surface area contributed by atoms with Crippen LogP contribution in [0.15, 0.2) is 35.6 Å². The van der Waals surface area contributed by atoms with Crippen molar-refractivity contribution in [2.45, 2.75) is 38.8 Å². The molecule has 8 nitrogen and oxygen atoms in total. The van der Waals surface area contributed by atoms with Crippen molar-refractivity contribution in [1.82, 2.24) is 25.4 Å². The maximum atomic E-state index is 12.3. The average Bonchev–Trinajstić information content (AvgIpc) is 3.34. The van der Waals surface area contributed by atoms with E-state index in [0.717, 1.165) is 42.8 Å². The Balaban J connectivity index is 0.00000280. The summed E-state index contributed by atoms with van der Waals surface area (Å²) >= 11 is 0. The minimum atomic E-state index is 0. The van der Waals surface area contributed by atoms with Gasteiger partial charge in [-0.1, -0.05) is 25.0 Å². The number of anilines is 1. The number of rotatable bonds is 6. The number of nitrogens with one attached hydrogen (secondary N) is 3. The Bertz CT molecular complexity index is 799. The van der Waals surface area contributed by atoms with E-state index in [9.17, 15) is 4.79 Å². The Kier molecular flexibility index (Phi) is 8.68. The molecule has 1 aliphatic carbocycles. The van der Waals surface area contributed by atoms with Crippen molar-refractivity contribution in [1.29, 1.82) is 0 Å². The molecular weight excluding hydrogens is 469 g/mol. The van der Waals surface area contributed by atoms with Crippen molar-refractivity contribution >= 4 is 41.5 Å². The van der Waals surface area contributed by atoms with Gasteiger partial charge in [0.2, 0.25) is 5.91 Å². The van der Waals surface area contributed by atoms with Crippen molar-refractivity contribution in [3.8, 4) is 0 Å². The third-order valence-electron chi connectivity index (χ3n) is 4.82. The fraction of sp³-hybridized carbons (Fsp3) is 0.474. The van der Waals surface area contributed by atoms with Crippen LogP contribution >= 0.6 is 24.0 Å². The number of benzene rings is 1. The molecule has 2 aromatic rings. The van der Waals surface area contributed by atoms with Gasteiger partial charge in [-0.15, -0.1) is 24.0 Å².